The molecule has 4 N–H and O–H groups in total. The number of anilines is 1. The summed E-state index contributed by atoms with van der Waals surface area (Å²) in [5.41, 5.74) is 10.0. The van der Waals surface area contributed by atoms with E-state index in [0.717, 1.165) is 48.0 Å². The minimum absolute atomic E-state index is 0.104. The van der Waals surface area contributed by atoms with Gasteiger partial charge in [0, 0.05) is 66.8 Å². The zero-order chi connectivity index (χ0) is 21.5. The number of carbonyl (C=O) groups excluding carboxylic acids is 1. The number of benzene rings is 1. The van der Waals surface area contributed by atoms with E-state index in [2.05, 4.69) is 25.2 Å². The van der Waals surface area contributed by atoms with E-state index < -0.39 is 0 Å². The van der Waals surface area contributed by atoms with E-state index in [4.69, 9.17) is 5.73 Å². The predicted octanol–water partition coefficient (Wildman–Crippen LogP) is 3.20. The molecule has 31 heavy (non-hydrogen) atoms. The number of nitrogens with zero attached hydrogens (tertiary/aromatic N) is 3. The third-order valence-corrected chi connectivity index (χ3v) is 5.91. The van der Waals surface area contributed by atoms with Crippen molar-refractivity contribution in [3.63, 3.8) is 0 Å². The van der Waals surface area contributed by atoms with Crippen LogP contribution in [0.1, 0.15) is 23.2 Å². The number of pyridine rings is 2. The van der Waals surface area contributed by atoms with E-state index in [1.165, 1.54) is 12.3 Å². The van der Waals surface area contributed by atoms with Gasteiger partial charge in [-0.2, -0.15) is 0 Å². The lowest BCUT2D eigenvalue weighted by atomic mass is 10.00. The van der Waals surface area contributed by atoms with Crippen LogP contribution in [0, 0.1) is 5.82 Å². The Morgan fingerprint density at radius 3 is 2.97 bits per heavy atom. The molecular weight excluding hydrogens is 395 g/mol. The standard InChI is InChI=1S/C23H23FN6O/c1-26-23(31)14-8-16-18(11-29-22(16)28-10-14)13-7-17-20(30-6-2-3-15(25)12-30)4-5-27-21(17)19(24)9-13/h4-5,7-11,15H,2-3,6,12,25H2,1H3,(H,26,31)(H,28,29). The fourth-order valence-corrected chi connectivity index (χ4v) is 4.37. The number of nitrogens with one attached hydrogen (secondary N) is 2. The normalized spacial score (nSPS) is 16.7. The second-order valence-corrected chi connectivity index (χ2v) is 7.93. The van der Waals surface area contributed by atoms with Gasteiger partial charge in [-0.05, 0) is 42.7 Å². The van der Waals surface area contributed by atoms with Crippen molar-refractivity contribution in [3.05, 3.63) is 54.2 Å². The van der Waals surface area contributed by atoms with Gasteiger partial charge < -0.3 is 20.9 Å². The third-order valence-electron chi connectivity index (χ3n) is 5.91. The van der Waals surface area contributed by atoms with Crippen LogP contribution in [0.4, 0.5) is 10.1 Å². The molecule has 4 heterocycles. The van der Waals surface area contributed by atoms with Crippen LogP contribution in [-0.4, -0.2) is 47.0 Å². The molecule has 158 valence electrons. The minimum atomic E-state index is -0.388. The molecule has 1 amide bonds. The molecule has 4 aromatic rings. The lowest BCUT2D eigenvalue weighted by Gasteiger charge is -2.33. The summed E-state index contributed by atoms with van der Waals surface area (Å²) in [5.74, 6) is -0.611. The molecule has 1 fully saturated rings. The first-order valence-corrected chi connectivity index (χ1v) is 10.3. The summed E-state index contributed by atoms with van der Waals surface area (Å²) in [6.07, 6.45) is 6.95. The highest BCUT2D eigenvalue weighted by Crippen LogP contribution is 2.35. The summed E-state index contributed by atoms with van der Waals surface area (Å²) < 4.78 is 15.1. The van der Waals surface area contributed by atoms with E-state index >= 15 is 4.39 Å². The van der Waals surface area contributed by atoms with Crippen molar-refractivity contribution < 1.29 is 9.18 Å². The number of carbonyl (C=O) groups is 1. The molecule has 1 atom stereocenters. The first-order valence-electron chi connectivity index (χ1n) is 10.3. The van der Waals surface area contributed by atoms with Crippen LogP contribution in [0.25, 0.3) is 33.1 Å². The van der Waals surface area contributed by atoms with Gasteiger partial charge in [-0.25, -0.2) is 9.37 Å². The molecule has 0 saturated carbocycles. The Hall–Kier alpha value is -3.52. The monoisotopic (exact) mass is 418 g/mol. The van der Waals surface area contributed by atoms with Gasteiger partial charge in [0.1, 0.15) is 17.0 Å². The van der Waals surface area contributed by atoms with E-state index in [0.29, 0.717) is 22.3 Å². The molecule has 5 rings (SSSR count). The molecule has 7 nitrogen and oxygen atoms in total. The number of aromatic nitrogens is 3. The van der Waals surface area contributed by atoms with Crippen LogP contribution >= 0.6 is 0 Å². The Labute approximate surface area is 178 Å². The zero-order valence-electron chi connectivity index (χ0n) is 17.2. The predicted molar refractivity (Wildman–Crippen MR) is 120 cm³/mol. The number of H-pyrrole nitrogens is 1. The Morgan fingerprint density at radius 1 is 1.29 bits per heavy atom. The van der Waals surface area contributed by atoms with Crippen molar-refractivity contribution in [3.8, 4) is 11.1 Å². The van der Waals surface area contributed by atoms with Crippen LogP contribution in [0.2, 0.25) is 0 Å². The molecule has 1 aliphatic rings. The highest BCUT2D eigenvalue weighted by atomic mass is 19.1. The topological polar surface area (TPSA) is 99.9 Å². The van der Waals surface area contributed by atoms with Crippen molar-refractivity contribution in [2.24, 2.45) is 5.73 Å². The summed E-state index contributed by atoms with van der Waals surface area (Å²) in [6.45, 7) is 1.61. The average Bonchev–Trinajstić information content (AvgIpc) is 3.21. The second-order valence-electron chi connectivity index (χ2n) is 7.93. The third kappa shape index (κ3) is 3.38. The lowest BCUT2D eigenvalue weighted by Crippen LogP contribution is -2.42. The fourth-order valence-electron chi connectivity index (χ4n) is 4.37. The van der Waals surface area contributed by atoms with Crippen molar-refractivity contribution in [2.75, 3.05) is 25.0 Å². The zero-order valence-corrected chi connectivity index (χ0v) is 17.2. The Kier molecular flexibility index (Phi) is 4.78. The van der Waals surface area contributed by atoms with E-state index in [1.807, 2.05) is 12.1 Å². The number of rotatable bonds is 3. The van der Waals surface area contributed by atoms with Gasteiger partial charge in [0.15, 0.2) is 0 Å². The van der Waals surface area contributed by atoms with E-state index in [1.54, 1.807) is 25.5 Å². The Balaban J connectivity index is 1.67. The smallest absolute Gasteiger partial charge is 0.252 e. The van der Waals surface area contributed by atoms with Gasteiger partial charge in [0.05, 0.1) is 5.56 Å². The lowest BCUT2D eigenvalue weighted by molar-refractivity contribution is 0.0963. The van der Waals surface area contributed by atoms with Crippen molar-refractivity contribution >= 4 is 33.5 Å². The van der Waals surface area contributed by atoms with Gasteiger partial charge in [0.2, 0.25) is 0 Å². The van der Waals surface area contributed by atoms with Gasteiger partial charge in [-0.15, -0.1) is 0 Å². The average molecular weight is 418 g/mol. The molecule has 0 bridgehead atoms. The number of hydrogen-bond acceptors (Lipinski definition) is 5. The van der Waals surface area contributed by atoms with Gasteiger partial charge >= 0.3 is 0 Å². The molecule has 0 spiro atoms. The first-order chi connectivity index (χ1) is 15.0. The molecule has 1 saturated heterocycles. The highest BCUT2D eigenvalue weighted by molar-refractivity contribution is 6.03. The number of nitrogens with two attached hydrogens (primary N) is 1. The van der Waals surface area contributed by atoms with Gasteiger partial charge in [-0.3, -0.25) is 9.78 Å². The molecule has 0 radical (unpaired) electrons. The van der Waals surface area contributed by atoms with Crippen LogP contribution in [-0.2, 0) is 0 Å². The molecule has 1 aromatic carbocycles. The molecule has 8 heteroatoms. The van der Waals surface area contributed by atoms with Gasteiger partial charge in [0.25, 0.3) is 5.91 Å². The number of piperidine rings is 1. The summed E-state index contributed by atoms with van der Waals surface area (Å²) in [4.78, 5) is 26.0. The molecule has 0 aliphatic carbocycles. The Morgan fingerprint density at radius 2 is 2.16 bits per heavy atom. The second kappa shape index (κ2) is 7.63. The molecule has 3 aromatic heterocycles. The summed E-state index contributed by atoms with van der Waals surface area (Å²) in [6, 6.07) is 7.23. The van der Waals surface area contributed by atoms with E-state index in [-0.39, 0.29) is 17.8 Å². The highest BCUT2D eigenvalue weighted by Gasteiger charge is 2.21. The number of fused-ring (bicyclic) bond motifs is 2. The van der Waals surface area contributed by atoms with Crippen molar-refractivity contribution in [1.82, 2.24) is 20.3 Å². The summed E-state index contributed by atoms with van der Waals surface area (Å²) in [5, 5.41) is 4.11. The first kappa shape index (κ1) is 19.4. The number of aromatic amines is 1. The minimum Gasteiger partial charge on any atom is -0.369 e. The maximum absolute atomic E-state index is 15.1. The number of amides is 1. The number of halogens is 1. The van der Waals surface area contributed by atoms with Crippen molar-refractivity contribution in [1.29, 1.82) is 0 Å². The van der Waals surface area contributed by atoms with E-state index in [9.17, 15) is 4.79 Å². The largest absolute Gasteiger partial charge is 0.369 e. The van der Waals surface area contributed by atoms with Crippen LogP contribution < -0.4 is 16.0 Å². The van der Waals surface area contributed by atoms with Crippen LogP contribution in [0.15, 0.2) is 42.9 Å². The fraction of sp³-hybridized carbons (Fsp3) is 0.261. The molecule has 1 unspecified atom stereocenters. The Bertz CT molecular complexity index is 1300. The molecular formula is C23H23FN6O. The maximum Gasteiger partial charge on any atom is 0.252 e. The van der Waals surface area contributed by atoms with Gasteiger partial charge in [-0.1, -0.05) is 0 Å². The quantitative estimate of drug-likeness (QED) is 0.474. The SMILES string of the molecule is CNC(=O)c1cnc2[nH]cc(-c3cc(F)c4nccc(N5CCCC(N)C5)c4c3)c2c1. The van der Waals surface area contributed by atoms with Crippen molar-refractivity contribution in [2.45, 2.75) is 18.9 Å². The number of hydrogen-bond donors (Lipinski definition) is 3. The molecule has 1 aliphatic heterocycles. The summed E-state index contributed by atoms with van der Waals surface area (Å²) >= 11 is 0. The van der Waals surface area contributed by atoms with Crippen LogP contribution in [0.5, 0.6) is 0 Å². The van der Waals surface area contributed by atoms with Crippen LogP contribution in [0.3, 0.4) is 0 Å². The maximum atomic E-state index is 15.1. The summed E-state index contributed by atoms with van der Waals surface area (Å²) in [7, 11) is 1.57.